The van der Waals surface area contributed by atoms with Crippen molar-refractivity contribution in [3.05, 3.63) is 23.3 Å². The quantitative estimate of drug-likeness (QED) is 0.732. The van der Waals surface area contributed by atoms with Gasteiger partial charge in [-0.2, -0.15) is 13.2 Å². The highest BCUT2D eigenvalue weighted by molar-refractivity contribution is 6.23. The molecule has 0 spiro atoms. The largest absolute Gasteiger partial charge is 0.417 e. The highest BCUT2D eigenvalue weighted by Gasteiger charge is 2.49. The maximum atomic E-state index is 12.9. The molecule has 0 aromatic heterocycles. The van der Waals surface area contributed by atoms with E-state index in [4.69, 9.17) is 0 Å². The summed E-state index contributed by atoms with van der Waals surface area (Å²) in [7, 11) is 3.53. The third kappa shape index (κ3) is 2.50. The number of aliphatic imine (C=N–C) groups is 2. The second kappa shape index (κ2) is 5.02. The summed E-state index contributed by atoms with van der Waals surface area (Å²) in [6.45, 7) is 2.59. The van der Waals surface area contributed by atoms with Crippen LogP contribution in [0.1, 0.15) is 6.92 Å². The van der Waals surface area contributed by atoms with Crippen molar-refractivity contribution in [1.29, 1.82) is 0 Å². The minimum absolute atomic E-state index is 0.0874. The molecule has 3 aliphatic heterocycles. The van der Waals surface area contributed by atoms with Gasteiger partial charge in [0.15, 0.2) is 11.4 Å². The number of carbonyl (C=O) groups is 1. The zero-order valence-electron chi connectivity index (χ0n) is 13.1. The third-order valence-electron chi connectivity index (χ3n) is 4.51. The van der Waals surface area contributed by atoms with E-state index in [2.05, 4.69) is 9.98 Å². The van der Waals surface area contributed by atoms with Gasteiger partial charge >= 0.3 is 6.18 Å². The van der Waals surface area contributed by atoms with Crippen molar-refractivity contribution in [1.82, 2.24) is 9.80 Å². The van der Waals surface area contributed by atoms with Gasteiger partial charge in [-0.05, 0) is 20.0 Å². The molecule has 0 fully saturated rings. The van der Waals surface area contributed by atoms with Crippen molar-refractivity contribution in [2.45, 2.75) is 24.8 Å². The lowest BCUT2D eigenvalue weighted by atomic mass is 9.97. The average Bonchev–Trinajstić information content (AvgIpc) is 2.70. The SMILES string of the molecule is CN1CC=C(C2=NC3C=C(C(F)(F)F)C=NC3(C)N2C)C(=O)C1. The van der Waals surface area contributed by atoms with Gasteiger partial charge in [-0.25, -0.2) is 0 Å². The Kier molecular flexibility index (Phi) is 3.47. The molecule has 0 amide bonds. The Balaban J connectivity index is 1.98. The van der Waals surface area contributed by atoms with Crippen LogP contribution in [0.4, 0.5) is 13.2 Å². The molecule has 3 aliphatic rings. The molecule has 23 heavy (non-hydrogen) atoms. The number of hydrogen-bond acceptors (Lipinski definition) is 5. The summed E-state index contributed by atoms with van der Waals surface area (Å²) in [6.07, 6.45) is -0.767. The number of fused-ring (bicyclic) bond motifs is 1. The van der Waals surface area contributed by atoms with Crippen LogP contribution in [0.3, 0.4) is 0 Å². The van der Waals surface area contributed by atoms with Crippen molar-refractivity contribution in [2.24, 2.45) is 9.98 Å². The van der Waals surface area contributed by atoms with E-state index in [-0.39, 0.29) is 12.3 Å². The lowest BCUT2D eigenvalue weighted by Gasteiger charge is -2.36. The number of alkyl halides is 3. The molecule has 3 rings (SSSR count). The van der Waals surface area contributed by atoms with E-state index in [0.717, 1.165) is 12.3 Å². The summed E-state index contributed by atoms with van der Waals surface area (Å²) in [5.41, 5.74) is -1.28. The zero-order chi connectivity index (χ0) is 17.0. The molecule has 5 nitrogen and oxygen atoms in total. The molecule has 0 N–H and O–H groups in total. The Morgan fingerprint density at radius 3 is 2.65 bits per heavy atom. The van der Waals surface area contributed by atoms with E-state index in [0.29, 0.717) is 18.0 Å². The fourth-order valence-electron chi connectivity index (χ4n) is 2.91. The van der Waals surface area contributed by atoms with Gasteiger partial charge in [0.05, 0.1) is 17.7 Å². The Morgan fingerprint density at radius 2 is 2.04 bits per heavy atom. The van der Waals surface area contributed by atoms with Crippen molar-refractivity contribution < 1.29 is 18.0 Å². The van der Waals surface area contributed by atoms with Crippen molar-refractivity contribution in [3.8, 4) is 0 Å². The molecule has 0 radical (unpaired) electrons. The van der Waals surface area contributed by atoms with Gasteiger partial charge in [0.1, 0.15) is 11.9 Å². The van der Waals surface area contributed by atoms with Crippen LogP contribution in [-0.2, 0) is 4.79 Å². The standard InChI is InChI=1S/C15H17F3N4O/c1-14-12(6-9(7-19-14)15(16,17)18)20-13(22(14)3)10-4-5-21(2)8-11(10)23/h4,6-7,12H,5,8H2,1-3H3. The molecular weight excluding hydrogens is 309 g/mol. The first kappa shape index (κ1) is 15.9. The molecule has 0 aromatic carbocycles. The number of likely N-dealkylation sites (N-methyl/N-ethyl adjacent to an activating group) is 2. The maximum absolute atomic E-state index is 12.9. The second-order valence-electron chi connectivity index (χ2n) is 6.17. The topological polar surface area (TPSA) is 48.3 Å². The van der Waals surface area contributed by atoms with E-state index in [1.165, 1.54) is 0 Å². The predicted octanol–water partition coefficient (Wildman–Crippen LogP) is 1.43. The molecular formula is C15H17F3N4O. The van der Waals surface area contributed by atoms with Crippen LogP contribution in [0.5, 0.6) is 0 Å². The lowest BCUT2D eigenvalue weighted by Crippen LogP contribution is -2.50. The average molecular weight is 326 g/mol. The van der Waals surface area contributed by atoms with Crippen LogP contribution in [0.15, 0.2) is 33.3 Å². The molecule has 2 unspecified atom stereocenters. The first-order valence-corrected chi connectivity index (χ1v) is 7.21. The number of dihydropyridines is 1. The van der Waals surface area contributed by atoms with Gasteiger partial charge in [-0.15, -0.1) is 0 Å². The normalized spacial score (nSPS) is 31.7. The Bertz CT molecular complexity index is 677. The minimum atomic E-state index is -4.45. The molecule has 0 aromatic rings. The fraction of sp³-hybridized carbons (Fsp3) is 0.533. The molecule has 0 bridgehead atoms. The van der Waals surface area contributed by atoms with E-state index >= 15 is 0 Å². The second-order valence-corrected chi connectivity index (χ2v) is 6.17. The molecule has 0 aliphatic carbocycles. The van der Waals surface area contributed by atoms with Gasteiger partial charge in [-0.1, -0.05) is 6.08 Å². The monoisotopic (exact) mass is 326 g/mol. The molecule has 2 atom stereocenters. The summed E-state index contributed by atoms with van der Waals surface area (Å²) < 4.78 is 38.7. The third-order valence-corrected chi connectivity index (χ3v) is 4.51. The smallest absolute Gasteiger partial charge is 0.333 e. The summed E-state index contributed by atoms with van der Waals surface area (Å²) in [4.78, 5) is 24.2. The van der Waals surface area contributed by atoms with Crippen LogP contribution in [-0.4, -0.2) is 72.7 Å². The number of carbonyl (C=O) groups excluding carboxylic acids is 1. The Morgan fingerprint density at radius 1 is 1.35 bits per heavy atom. The summed E-state index contributed by atoms with van der Waals surface area (Å²) >= 11 is 0. The molecule has 0 saturated carbocycles. The van der Waals surface area contributed by atoms with E-state index in [1.54, 1.807) is 24.9 Å². The van der Waals surface area contributed by atoms with Crippen LogP contribution < -0.4 is 0 Å². The molecule has 3 heterocycles. The summed E-state index contributed by atoms with van der Waals surface area (Å²) in [5.74, 6) is 0.322. The Hall–Kier alpha value is -1.96. The number of halogens is 3. The molecule has 124 valence electrons. The maximum Gasteiger partial charge on any atom is 0.417 e. The van der Waals surface area contributed by atoms with E-state index in [9.17, 15) is 18.0 Å². The Labute approximate surface area is 131 Å². The number of allylic oxidation sites excluding steroid dienone is 1. The predicted molar refractivity (Wildman–Crippen MR) is 80.6 cm³/mol. The van der Waals surface area contributed by atoms with Gasteiger partial charge in [0, 0.05) is 19.8 Å². The van der Waals surface area contributed by atoms with Crippen molar-refractivity contribution in [2.75, 3.05) is 27.2 Å². The number of amidine groups is 1. The lowest BCUT2D eigenvalue weighted by molar-refractivity contribution is -0.116. The fourth-order valence-corrected chi connectivity index (χ4v) is 2.91. The molecule has 8 heteroatoms. The summed E-state index contributed by atoms with van der Waals surface area (Å²) in [6, 6.07) is -0.766. The van der Waals surface area contributed by atoms with Crippen LogP contribution >= 0.6 is 0 Å². The minimum Gasteiger partial charge on any atom is -0.333 e. The molecule has 0 saturated heterocycles. The zero-order valence-corrected chi connectivity index (χ0v) is 13.1. The first-order valence-electron chi connectivity index (χ1n) is 7.21. The number of Topliss-reactive ketones (excluding diaryl/α,β-unsaturated/α-hetero) is 1. The highest BCUT2D eigenvalue weighted by Crippen LogP contribution is 2.38. The number of nitrogens with zero attached hydrogens (tertiary/aromatic N) is 4. The number of rotatable bonds is 1. The van der Waals surface area contributed by atoms with Crippen molar-refractivity contribution in [3.63, 3.8) is 0 Å². The number of ketones is 1. The van der Waals surface area contributed by atoms with E-state index < -0.39 is 23.5 Å². The van der Waals surface area contributed by atoms with Crippen LogP contribution in [0.25, 0.3) is 0 Å². The highest BCUT2D eigenvalue weighted by atomic mass is 19.4. The van der Waals surface area contributed by atoms with Crippen LogP contribution in [0, 0.1) is 0 Å². The van der Waals surface area contributed by atoms with Gasteiger partial charge in [0.25, 0.3) is 0 Å². The van der Waals surface area contributed by atoms with Gasteiger partial charge in [-0.3, -0.25) is 19.7 Å². The van der Waals surface area contributed by atoms with Crippen LogP contribution in [0.2, 0.25) is 0 Å². The van der Waals surface area contributed by atoms with Gasteiger partial charge < -0.3 is 4.90 Å². The number of hydrogen-bond donors (Lipinski definition) is 0. The first-order chi connectivity index (χ1) is 10.6. The van der Waals surface area contributed by atoms with Crippen molar-refractivity contribution >= 4 is 17.8 Å². The van der Waals surface area contributed by atoms with Gasteiger partial charge in [0.2, 0.25) is 0 Å². The van der Waals surface area contributed by atoms with E-state index in [1.807, 2.05) is 11.9 Å². The summed E-state index contributed by atoms with van der Waals surface area (Å²) in [5, 5.41) is 0.